The number of halogens is 2. The third kappa shape index (κ3) is 4.69. The van der Waals surface area contributed by atoms with Crippen molar-refractivity contribution in [1.82, 2.24) is 0 Å². The number of para-hydroxylation sites is 2. The number of nitrogens with one attached hydrogen (secondary N) is 1. The van der Waals surface area contributed by atoms with E-state index in [2.05, 4.69) is 5.32 Å². The second kappa shape index (κ2) is 9.18. The molecule has 1 aliphatic rings. The van der Waals surface area contributed by atoms with Gasteiger partial charge in [0.1, 0.15) is 22.8 Å². The number of amides is 2. The lowest BCUT2D eigenvalue weighted by Crippen LogP contribution is -2.29. The van der Waals surface area contributed by atoms with E-state index in [1.165, 1.54) is 22.7 Å². The van der Waals surface area contributed by atoms with E-state index in [0.29, 0.717) is 17.0 Å². The molecule has 2 amide bonds. The molecule has 0 spiro atoms. The molecule has 1 heterocycles. The van der Waals surface area contributed by atoms with Crippen molar-refractivity contribution in [3.63, 3.8) is 0 Å². The smallest absolute Gasteiger partial charge is 0.262 e. The van der Waals surface area contributed by atoms with Gasteiger partial charge in [0, 0.05) is 17.3 Å². The van der Waals surface area contributed by atoms with Crippen molar-refractivity contribution in [3.8, 4) is 5.75 Å². The average Bonchev–Trinajstić information content (AvgIpc) is 3.14. The lowest BCUT2D eigenvalue weighted by Gasteiger charge is -2.26. The van der Waals surface area contributed by atoms with Gasteiger partial charge in [-0.25, -0.2) is 8.78 Å². The molecule has 0 aliphatic carbocycles. The Bertz CT molecular complexity index is 1110. The number of carbonyl (C=O) groups excluding carboxylic acids is 2. The molecule has 1 fully saturated rings. The first kappa shape index (κ1) is 20.9. The number of anilines is 2. The zero-order valence-corrected chi connectivity index (χ0v) is 17.1. The van der Waals surface area contributed by atoms with Crippen molar-refractivity contribution in [3.05, 3.63) is 90.0 Å². The zero-order chi connectivity index (χ0) is 21.8. The molecule has 1 aliphatic heterocycles. The van der Waals surface area contributed by atoms with E-state index in [-0.39, 0.29) is 29.9 Å². The molecule has 31 heavy (non-hydrogen) atoms. The van der Waals surface area contributed by atoms with Gasteiger partial charge in [0.15, 0.2) is 6.61 Å². The van der Waals surface area contributed by atoms with Crippen molar-refractivity contribution in [2.75, 3.05) is 22.6 Å². The Morgan fingerprint density at radius 2 is 1.81 bits per heavy atom. The summed E-state index contributed by atoms with van der Waals surface area (Å²) in [4.78, 5) is 26.3. The molecular formula is C23H18F2N2O3S. The topological polar surface area (TPSA) is 58.6 Å². The number of thioether (sulfide) groups is 1. The highest BCUT2D eigenvalue weighted by Gasteiger charge is 2.36. The molecule has 0 radical (unpaired) electrons. The molecule has 158 valence electrons. The van der Waals surface area contributed by atoms with Crippen LogP contribution in [0.25, 0.3) is 0 Å². The minimum absolute atomic E-state index is 0.00468. The Morgan fingerprint density at radius 3 is 2.58 bits per heavy atom. The first-order valence-corrected chi connectivity index (χ1v) is 10.5. The Labute approximate surface area is 182 Å². The van der Waals surface area contributed by atoms with Gasteiger partial charge in [-0.15, -0.1) is 11.8 Å². The van der Waals surface area contributed by atoms with Gasteiger partial charge < -0.3 is 10.1 Å². The quantitative estimate of drug-likeness (QED) is 0.601. The van der Waals surface area contributed by atoms with Gasteiger partial charge in [0.05, 0.1) is 11.4 Å². The van der Waals surface area contributed by atoms with E-state index < -0.39 is 17.0 Å². The van der Waals surface area contributed by atoms with Crippen LogP contribution in [0.4, 0.5) is 20.2 Å². The summed E-state index contributed by atoms with van der Waals surface area (Å²) in [6.07, 6.45) is 0. The Hall–Kier alpha value is -3.39. The van der Waals surface area contributed by atoms with Gasteiger partial charge in [0.2, 0.25) is 5.91 Å². The molecule has 0 aromatic heterocycles. The van der Waals surface area contributed by atoms with Gasteiger partial charge >= 0.3 is 0 Å². The number of nitrogens with zero attached hydrogens (tertiary/aromatic N) is 1. The van der Waals surface area contributed by atoms with E-state index in [4.69, 9.17) is 4.74 Å². The second-order valence-corrected chi connectivity index (χ2v) is 7.83. The van der Waals surface area contributed by atoms with Crippen LogP contribution in [-0.4, -0.2) is 24.2 Å². The molecule has 1 N–H and O–H groups in total. The van der Waals surface area contributed by atoms with E-state index in [1.807, 2.05) is 6.07 Å². The number of ether oxygens (including phenoxy) is 1. The Kier molecular flexibility index (Phi) is 6.18. The molecule has 1 atom stereocenters. The van der Waals surface area contributed by atoms with Crippen LogP contribution < -0.4 is 15.0 Å². The molecule has 4 rings (SSSR count). The summed E-state index contributed by atoms with van der Waals surface area (Å²) in [5, 5.41) is 2.23. The molecule has 0 bridgehead atoms. The van der Waals surface area contributed by atoms with E-state index in [1.54, 1.807) is 48.5 Å². The standard InChI is InChI=1S/C23H18F2N2O3S/c24-15-10-11-20(18(25)12-15)27-22(29)14-31-23(27)17-8-4-5-9-19(17)26-21(28)13-30-16-6-2-1-3-7-16/h1-12,23H,13-14H2,(H,26,28)/t23-/m0/s1. The monoisotopic (exact) mass is 440 g/mol. The number of hydrogen-bond acceptors (Lipinski definition) is 4. The number of hydrogen-bond donors (Lipinski definition) is 1. The van der Waals surface area contributed by atoms with Crippen LogP contribution in [-0.2, 0) is 9.59 Å². The highest BCUT2D eigenvalue weighted by molar-refractivity contribution is 8.00. The molecular weight excluding hydrogens is 422 g/mol. The van der Waals surface area contributed by atoms with Gasteiger partial charge in [-0.2, -0.15) is 0 Å². The fraction of sp³-hybridized carbons (Fsp3) is 0.130. The third-order valence-electron chi connectivity index (χ3n) is 4.65. The predicted molar refractivity (Wildman–Crippen MR) is 116 cm³/mol. The summed E-state index contributed by atoms with van der Waals surface area (Å²) >= 11 is 1.30. The highest BCUT2D eigenvalue weighted by Crippen LogP contribution is 2.44. The van der Waals surface area contributed by atoms with Crippen LogP contribution in [0.3, 0.4) is 0 Å². The van der Waals surface area contributed by atoms with Crippen LogP contribution in [0.5, 0.6) is 5.75 Å². The van der Waals surface area contributed by atoms with Gasteiger partial charge in [0.25, 0.3) is 5.91 Å². The van der Waals surface area contributed by atoms with E-state index >= 15 is 0 Å². The number of benzene rings is 3. The fourth-order valence-electron chi connectivity index (χ4n) is 3.27. The Morgan fingerprint density at radius 1 is 1.06 bits per heavy atom. The summed E-state index contributed by atoms with van der Waals surface area (Å²) < 4.78 is 33.2. The van der Waals surface area contributed by atoms with E-state index in [0.717, 1.165) is 12.1 Å². The highest BCUT2D eigenvalue weighted by atomic mass is 32.2. The van der Waals surface area contributed by atoms with Crippen LogP contribution in [0.15, 0.2) is 72.8 Å². The van der Waals surface area contributed by atoms with E-state index in [9.17, 15) is 18.4 Å². The van der Waals surface area contributed by atoms with Crippen LogP contribution in [0.1, 0.15) is 10.9 Å². The largest absolute Gasteiger partial charge is 0.484 e. The maximum Gasteiger partial charge on any atom is 0.262 e. The lowest BCUT2D eigenvalue weighted by molar-refractivity contribution is -0.118. The molecule has 5 nitrogen and oxygen atoms in total. The summed E-state index contributed by atoms with van der Waals surface area (Å²) in [6.45, 7) is -0.189. The first-order chi connectivity index (χ1) is 15.0. The normalized spacial score (nSPS) is 15.7. The van der Waals surface area contributed by atoms with Crippen LogP contribution in [0.2, 0.25) is 0 Å². The summed E-state index contributed by atoms with van der Waals surface area (Å²) in [6, 6.07) is 19.0. The maximum atomic E-state index is 14.4. The molecule has 0 unspecified atom stereocenters. The molecule has 1 saturated heterocycles. The number of rotatable bonds is 6. The Balaban J connectivity index is 1.55. The minimum atomic E-state index is -0.821. The summed E-state index contributed by atoms with van der Waals surface area (Å²) in [5.41, 5.74) is 1.12. The molecule has 3 aromatic rings. The first-order valence-electron chi connectivity index (χ1n) is 9.48. The SMILES string of the molecule is O=C(COc1ccccc1)Nc1ccccc1[C@@H]1SCC(=O)N1c1ccc(F)cc1F. The van der Waals surface area contributed by atoms with Crippen LogP contribution >= 0.6 is 11.8 Å². The molecule has 8 heteroatoms. The molecule has 0 saturated carbocycles. The van der Waals surface area contributed by atoms with Crippen molar-refractivity contribution >= 4 is 35.0 Å². The zero-order valence-electron chi connectivity index (χ0n) is 16.3. The summed E-state index contributed by atoms with van der Waals surface area (Å²) in [7, 11) is 0. The predicted octanol–water partition coefficient (Wildman–Crippen LogP) is 4.76. The van der Waals surface area contributed by atoms with Crippen molar-refractivity contribution in [2.24, 2.45) is 0 Å². The second-order valence-electron chi connectivity index (χ2n) is 6.76. The van der Waals surface area contributed by atoms with Crippen LogP contribution in [0, 0.1) is 11.6 Å². The van der Waals surface area contributed by atoms with Gasteiger partial charge in [-0.3, -0.25) is 14.5 Å². The van der Waals surface area contributed by atoms with Gasteiger partial charge in [-0.05, 0) is 30.3 Å². The minimum Gasteiger partial charge on any atom is -0.484 e. The average molecular weight is 440 g/mol. The maximum absolute atomic E-state index is 14.4. The lowest BCUT2D eigenvalue weighted by atomic mass is 10.1. The van der Waals surface area contributed by atoms with Gasteiger partial charge in [-0.1, -0.05) is 36.4 Å². The number of carbonyl (C=O) groups is 2. The van der Waals surface area contributed by atoms with Crippen molar-refractivity contribution in [2.45, 2.75) is 5.37 Å². The molecule has 3 aromatic carbocycles. The summed E-state index contributed by atoms with van der Waals surface area (Å²) in [5.74, 6) is -1.50. The van der Waals surface area contributed by atoms with Crippen molar-refractivity contribution in [1.29, 1.82) is 0 Å². The fourth-order valence-corrected chi connectivity index (χ4v) is 4.47. The third-order valence-corrected chi connectivity index (χ3v) is 5.85. The van der Waals surface area contributed by atoms with Crippen molar-refractivity contribution < 1.29 is 23.1 Å².